The van der Waals surface area contributed by atoms with Gasteiger partial charge in [-0.1, -0.05) is 6.07 Å². The number of benzene rings is 1. The number of carbonyl (C=O) groups is 1. The number of nitrogens with one attached hydrogen (secondary N) is 2. The Bertz CT molecular complexity index is 523. The number of nitrogens with zero attached hydrogens (tertiary/aromatic N) is 1. The van der Waals surface area contributed by atoms with Crippen LogP contribution in [-0.4, -0.2) is 26.2 Å². The van der Waals surface area contributed by atoms with E-state index in [1.807, 2.05) is 0 Å². The first-order valence-electron chi connectivity index (χ1n) is 6.07. The molecule has 6 heteroatoms. The molecule has 0 saturated carbocycles. The van der Waals surface area contributed by atoms with Crippen LogP contribution < -0.4 is 10.6 Å². The van der Waals surface area contributed by atoms with Crippen LogP contribution in [0.2, 0.25) is 0 Å². The lowest BCUT2D eigenvalue weighted by atomic mass is 10.2. The average molecular weight is 277 g/mol. The zero-order chi connectivity index (χ0) is 14.8. The highest BCUT2D eigenvalue weighted by atomic mass is 19.1. The lowest BCUT2D eigenvalue weighted by Gasteiger charge is -2.05. The molecule has 0 radical (unpaired) electrons. The number of rotatable bonds is 7. The van der Waals surface area contributed by atoms with E-state index in [9.17, 15) is 9.18 Å². The summed E-state index contributed by atoms with van der Waals surface area (Å²) < 4.78 is 17.8. The second kappa shape index (κ2) is 8.67. The van der Waals surface area contributed by atoms with Crippen molar-refractivity contribution in [2.75, 3.05) is 25.6 Å². The van der Waals surface area contributed by atoms with Crippen LogP contribution in [0, 0.1) is 17.1 Å². The molecule has 0 saturated heterocycles. The molecule has 2 N–H and O–H groups in total. The lowest BCUT2D eigenvalue weighted by molar-refractivity contribution is -0.117. The monoisotopic (exact) mass is 277 g/mol. The Labute approximate surface area is 117 Å². The van der Waals surface area contributed by atoms with Crippen LogP contribution in [0.25, 0.3) is 0 Å². The van der Waals surface area contributed by atoms with Gasteiger partial charge in [0.25, 0.3) is 5.91 Å². The maximum Gasteiger partial charge on any atom is 0.263 e. The number of methoxy groups -OCH3 is 1. The van der Waals surface area contributed by atoms with E-state index in [4.69, 9.17) is 10.00 Å². The maximum atomic E-state index is 13.0. The van der Waals surface area contributed by atoms with Crippen molar-refractivity contribution in [1.82, 2.24) is 5.32 Å². The summed E-state index contributed by atoms with van der Waals surface area (Å²) in [7, 11) is 1.57. The van der Waals surface area contributed by atoms with Crippen LogP contribution in [-0.2, 0) is 9.53 Å². The standard InChI is InChI=1S/C14H16FN3O2/c1-20-7-3-6-17-14(19)11(9-16)10-18-13-5-2-4-12(15)8-13/h2,4-5,8,10,18H,3,6-7H2,1H3,(H,17,19)/b11-10-. The Morgan fingerprint density at radius 3 is 3.00 bits per heavy atom. The van der Waals surface area contributed by atoms with Crippen LogP contribution in [0.5, 0.6) is 0 Å². The van der Waals surface area contributed by atoms with E-state index in [1.165, 1.54) is 24.4 Å². The SMILES string of the molecule is COCCCNC(=O)/C(C#N)=C\Nc1cccc(F)c1. The molecule has 1 amide bonds. The fraction of sp³-hybridized carbons (Fsp3) is 0.286. The zero-order valence-electron chi connectivity index (χ0n) is 11.1. The van der Waals surface area contributed by atoms with Gasteiger partial charge in [0.2, 0.25) is 0 Å². The van der Waals surface area contributed by atoms with E-state index in [2.05, 4.69) is 10.6 Å². The van der Waals surface area contributed by atoms with E-state index < -0.39 is 11.7 Å². The predicted molar refractivity (Wildman–Crippen MR) is 73.2 cm³/mol. The van der Waals surface area contributed by atoms with Crippen molar-refractivity contribution in [1.29, 1.82) is 5.26 Å². The molecule has 0 bridgehead atoms. The number of anilines is 1. The Morgan fingerprint density at radius 2 is 2.35 bits per heavy atom. The fourth-order valence-electron chi connectivity index (χ4n) is 1.40. The largest absolute Gasteiger partial charge is 0.385 e. The molecule has 5 nitrogen and oxygen atoms in total. The van der Waals surface area contributed by atoms with Crippen LogP contribution >= 0.6 is 0 Å². The van der Waals surface area contributed by atoms with Crippen molar-refractivity contribution < 1.29 is 13.9 Å². The molecular formula is C14H16FN3O2. The Morgan fingerprint density at radius 1 is 1.55 bits per heavy atom. The van der Waals surface area contributed by atoms with E-state index in [0.29, 0.717) is 25.3 Å². The van der Waals surface area contributed by atoms with Crippen molar-refractivity contribution in [3.05, 3.63) is 41.9 Å². The minimum atomic E-state index is -0.479. The number of hydrogen-bond acceptors (Lipinski definition) is 4. The van der Waals surface area contributed by atoms with Gasteiger partial charge in [0.15, 0.2) is 0 Å². The zero-order valence-corrected chi connectivity index (χ0v) is 11.1. The summed E-state index contributed by atoms with van der Waals surface area (Å²) in [5.74, 6) is -0.876. The smallest absolute Gasteiger partial charge is 0.263 e. The fourth-order valence-corrected chi connectivity index (χ4v) is 1.40. The van der Waals surface area contributed by atoms with Gasteiger partial charge < -0.3 is 15.4 Å². The van der Waals surface area contributed by atoms with Crippen molar-refractivity contribution in [2.45, 2.75) is 6.42 Å². The van der Waals surface area contributed by atoms with Gasteiger partial charge in [-0.25, -0.2) is 4.39 Å². The lowest BCUT2D eigenvalue weighted by Crippen LogP contribution is -2.26. The second-order valence-corrected chi connectivity index (χ2v) is 3.93. The number of nitriles is 1. The van der Waals surface area contributed by atoms with E-state index >= 15 is 0 Å². The van der Waals surface area contributed by atoms with Gasteiger partial charge in [-0.3, -0.25) is 4.79 Å². The highest BCUT2D eigenvalue weighted by molar-refractivity contribution is 5.97. The van der Waals surface area contributed by atoms with Crippen molar-refractivity contribution in [3.8, 4) is 6.07 Å². The van der Waals surface area contributed by atoms with E-state index in [-0.39, 0.29) is 5.57 Å². The highest BCUT2D eigenvalue weighted by Gasteiger charge is 2.07. The average Bonchev–Trinajstić information content (AvgIpc) is 2.44. The molecule has 0 aromatic heterocycles. The molecule has 0 unspecified atom stereocenters. The third-order valence-corrected chi connectivity index (χ3v) is 2.38. The minimum Gasteiger partial charge on any atom is -0.385 e. The van der Waals surface area contributed by atoms with Gasteiger partial charge in [-0.15, -0.1) is 0 Å². The Kier molecular flexibility index (Phi) is 6.79. The second-order valence-electron chi connectivity index (χ2n) is 3.93. The van der Waals surface area contributed by atoms with Crippen LogP contribution in [0.4, 0.5) is 10.1 Å². The van der Waals surface area contributed by atoms with Gasteiger partial charge in [-0.2, -0.15) is 5.26 Å². The molecule has 0 atom stereocenters. The van der Waals surface area contributed by atoms with Crippen molar-refractivity contribution >= 4 is 11.6 Å². The molecule has 20 heavy (non-hydrogen) atoms. The Hall–Kier alpha value is -2.39. The first-order valence-corrected chi connectivity index (χ1v) is 6.07. The van der Waals surface area contributed by atoms with Gasteiger partial charge in [-0.05, 0) is 24.6 Å². The van der Waals surface area contributed by atoms with Gasteiger partial charge in [0.05, 0.1) is 0 Å². The number of carbonyl (C=O) groups excluding carboxylic acids is 1. The summed E-state index contributed by atoms with van der Waals surface area (Å²) >= 11 is 0. The summed E-state index contributed by atoms with van der Waals surface area (Å²) in [6.45, 7) is 0.957. The van der Waals surface area contributed by atoms with Crippen LogP contribution in [0.15, 0.2) is 36.0 Å². The maximum absolute atomic E-state index is 13.0. The summed E-state index contributed by atoms with van der Waals surface area (Å²) in [4.78, 5) is 11.7. The third kappa shape index (κ3) is 5.50. The number of hydrogen-bond donors (Lipinski definition) is 2. The molecular weight excluding hydrogens is 261 g/mol. The summed E-state index contributed by atoms with van der Waals surface area (Å²) in [6.07, 6.45) is 1.92. The number of ether oxygens (including phenoxy) is 1. The summed E-state index contributed by atoms with van der Waals surface area (Å²) in [5, 5.41) is 14.2. The van der Waals surface area contributed by atoms with Gasteiger partial charge in [0, 0.05) is 32.1 Å². The third-order valence-electron chi connectivity index (χ3n) is 2.38. The predicted octanol–water partition coefficient (Wildman–Crippen LogP) is 1.80. The quantitative estimate of drug-likeness (QED) is 0.453. The van der Waals surface area contributed by atoms with E-state index in [0.717, 1.165) is 0 Å². The molecule has 0 spiro atoms. The molecule has 0 fully saturated rings. The van der Waals surface area contributed by atoms with Gasteiger partial charge >= 0.3 is 0 Å². The highest BCUT2D eigenvalue weighted by Crippen LogP contribution is 2.09. The topological polar surface area (TPSA) is 74.1 Å². The normalized spacial score (nSPS) is 10.8. The summed E-state index contributed by atoms with van der Waals surface area (Å²) in [6, 6.07) is 7.52. The minimum absolute atomic E-state index is 0.0771. The van der Waals surface area contributed by atoms with Crippen LogP contribution in [0.1, 0.15) is 6.42 Å². The first-order chi connectivity index (χ1) is 9.67. The molecule has 1 aromatic carbocycles. The molecule has 0 aliphatic carbocycles. The first kappa shape index (κ1) is 15.7. The Balaban J connectivity index is 2.54. The molecule has 106 valence electrons. The van der Waals surface area contributed by atoms with Gasteiger partial charge in [0.1, 0.15) is 17.5 Å². The molecule has 0 aliphatic rings. The van der Waals surface area contributed by atoms with Crippen molar-refractivity contribution in [3.63, 3.8) is 0 Å². The van der Waals surface area contributed by atoms with E-state index in [1.54, 1.807) is 19.2 Å². The molecule has 0 aliphatic heterocycles. The number of halogens is 1. The number of amides is 1. The summed E-state index contributed by atoms with van der Waals surface area (Å²) in [5.41, 5.74) is 0.386. The molecule has 1 aromatic rings. The van der Waals surface area contributed by atoms with Crippen LogP contribution in [0.3, 0.4) is 0 Å². The molecule has 0 heterocycles. The molecule has 1 rings (SSSR count). The van der Waals surface area contributed by atoms with Crippen molar-refractivity contribution in [2.24, 2.45) is 0 Å².